The molecule has 0 spiro atoms. The monoisotopic (exact) mass is 371 g/mol. The van der Waals surface area contributed by atoms with E-state index in [1.54, 1.807) is 0 Å². The van der Waals surface area contributed by atoms with Crippen molar-refractivity contribution in [2.45, 2.75) is 0 Å². The summed E-state index contributed by atoms with van der Waals surface area (Å²) in [5, 5.41) is 0. The lowest BCUT2D eigenvalue weighted by molar-refractivity contribution is 1.10. The third kappa shape index (κ3) is 3.28. The minimum atomic E-state index is 1.16. The van der Waals surface area contributed by atoms with Crippen LogP contribution in [0.3, 0.4) is 0 Å². The first-order valence-corrected chi connectivity index (χ1v) is 9.89. The van der Waals surface area contributed by atoms with Gasteiger partial charge in [0.1, 0.15) is 0 Å². The molecule has 0 aliphatic carbocycles. The molecule has 0 N–H and O–H groups in total. The van der Waals surface area contributed by atoms with Gasteiger partial charge in [0.2, 0.25) is 0 Å². The van der Waals surface area contributed by atoms with Crippen molar-refractivity contribution in [3.63, 3.8) is 0 Å². The Morgan fingerprint density at radius 3 is 1.41 bits per heavy atom. The van der Waals surface area contributed by atoms with Crippen LogP contribution >= 0.6 is 0 Å². The summed E-state index contributed by atoms with van der Waals surface area (Å²) in [6, 6.07) is 44.9. The molecule has 29 heavy (non-hydrogen) atoms. The van der Waals surface area contributed by atoms with Gasteiger partial charge in [-0.15, -0.1) is 0 Å². The summed E-state index contributed by atoms with van der Waals surface area (Å²) in [6.07, 6.45) is 0. The third-order valence-corrected chi connectivity index (χ3v) is 5.22. The van der Waals surface area contributed by atoms with Crippen molar-refractivity contribution in [2.24, 2.45) is 0 Å². The van der Waals surface area contributed by atoms with Crippen molar-refractivity contribution < 1.29 is 0 Å². The van der Waals surface area contributed by atoms with Crippen molar-refractivity contribution in [3.05, 3.63) is 127 Å². The summed E-state index contributed by atoms with van der Waals surface area (Å²) >= 11 is 0. The number of hydrogen-bond acceptors (Lipinski definition) is 0. The van der Waals surface area contributed by atoms with E-state index in [2.05, 4.69) is 132 Å². The smallest absolute Gasteiger partial charge is 0.0613 e. The molecular weight excluding hydrogens is 350 g/mol. The molecule has 1 heteroatoms. The van der Waals surface area contributed by atoms with E-state index in [0.717, 1.165) is 5.69 Å². The van der Waals surface area contributed by atoms with Crippen LogP contribution in [0.15, 0.2) is 127 Å². The maximum absolute atomic E-state index is 2.38. The quantitative estimate of drug-likeness (QED) is 0.309. The second-order valence-corrected chi connectivity index (χ2v) is 7.06. The summed E-state index contributed by atoms with van der Waals surface area (Å²) in [5.74, 6) is 0. The Balaban J connectivity index is 1.89. The molecule has 0 atom stereocenters. The average molecular weight is 371 g/mol. The van der Waals surface area contributed by atoms with Gasteiger partial charge < -0.3 is 4.57 Å². The van der Waals surface area contributed by atoms with E-state index in [1.165, 1.54) is 33.6 Å². The van der Waals surface area contributed by atoms with E-state index in [-0.39, 0.29) is 0 Å². The molecule has 1 nitrogen and oxygen atoms in total. The van der Waals surface area contributed by atoms with Crippen LogP contribution in [0.4, 0.5) is 0 Å². The number of hydrogen-bond donors (Lipinski definition) is 0. The molecule has 0 aliphatic heterocycles. The Hall–Kier alpha value is -3.84. The first-order valence-electron chi connectivity index (χ1n) is 9.89. The standard InChI is InChI=1S/C28H21N/c1-5-13-22(14-6-1)26-21-27(23-15-7-2-8-16-23)29(25-19-11-4-12-20-25)28(26)24-17-9-3-10-18-24/h1-21H. The second-order valence-electron chi connectivity index (χ2n) is 7.06. The second kappa shape index (κ2) is 7.65. The molecule has 0 saturated heterocycles. The van der Waals surface area contributed by atoms with Gasteiger partial charge >= 0.3 is 0 Å². The van der Waals surface area contributed by atoms with E-state index >= 15 is 0 Å². The normalized spacial score (nSPS) is 10.8. The predicted molar refractivity (Wildman–Crippen MR) is 122 cm³/mol. The maximum atomic E-state index is 2.38. The van der Waals surface area contributed by atoms with Gasteiger partial charge in [-0.1, -0.05) is 109 Å². The minimum Gasteiger partial charge on any atom is -0.309 e. The van der Waals surface area contributed by atoms with Gasteiger partial charge in [0.25, 0.3) is 0 Å². The van der Waals surface area contributed by atoms with Gasteiger partial charge in [0.05, 0.1) is 11.4 Å². The van der Waals surface area contributed by atoms with Crippen molar-refractivity contribution in [3.8, 4) is 39.3 Å². The topological polar surface area (TPSA) is 4.93 Å². The maximum Gasteiger partial charge on any atom is 0.0613 e. The van der Waals surface area contributed by atoms with Gasteiger partial charge in [0, 0.05) is 11.3 Å². The van der Waals surface area contributed by atoms with Gasteiger partial charge in [-0.05, 0) is 34.9 Å². The molecule has 138 valence electrons. The van der Waals surface area contributed by atoms with Crippen LogP contribution in [0.5, 0.6) is 0 Å². The molecule has 0 amide bonds. The lowest BCUT2D eigenvalue weighted by Gasteiger charge is -2.15. The molecule has 5 rings (SSSR count). The molecule has 1 heterocycles. The fourth-order valence-electron chi connectivity index (χ4n) is 3.90. The fraction of sp³-hybridized carbons (Fsp3) is 0. The first-order chi connectivity index (χ1) is 14.4. The molecule has 4 aromatic carbocycles. The van der Waals surface area contributed by atoms with E-state index in [0.29, 0.717) is 0 Å². The van der Waals surface area contributed by atoms with Gasteiger partial charge in [-0.25, -0.2) is 0 Å². The minimum absolute atomic E-state index is 1.16. The molecule has 0 saturated carbocycles. The van der Waals surface area contributed by atoms with Crippen LogP contribution in [0, 0.1) is 0 Å². The van der Waals surface area contributed by atoms with Crippen molar-refractivity contribution in [1.29, 1.82) is 0 Å². The summed E-state index contributed by atoms with van der Waals surface area (Å²) in [7, 11) is 0. The van der Waals surface area contributed by atoms with Crippen LogP contribution in [-0.2, 0) is 0 Å². The van der Waals surface area contributed by atoms with Crippen LogP contribution in [-0.4, -0.2) is 4.57 Å². The highest BCUT2D eigenvalue weighted by Gasteiger charge is 2.20. The zero-order chi connectivity index (χ0) is 19.5. The lowest BCUT2D eigenvalue weighted by atomic mass is 10.0. The van der Waals surface area contributed by atoms with Gasteiger partial charge in [-0.3, -0.25) is 0 Å². The van der Waals surface area contributed by atoms with Crippen molar-refractivity contribution in [2.75, 3.05) is 0 Å². The number of rotatable bonds is 4. The molecule has 0 radical (unpaired) electrons. The number of benzene rings is 4. The van der Waals surface area contributed by atoms with E-state index in [4.69, 9.17) is 0 Å². The SMILES string of the molecule is c1ccc(-c2cc(-c3ccccc3)n(-c3ccccc3)c2-c2ccccc2)cc1. The Bertz CT molecular complexity index is 1110. The predicted octanol–water partition coefficient (Wildman–Crippen LogP) is 7.48. The summed E-state index contributed by atoms with van der Waals surface area (Å²) in [6.45, 7) is 0. The van der Waals surface area contributed by atoms with Gasteiger partial charge in [-0.2, -0.15) is 0 Å². The number of nitrogens with zero attached hydrogens (tertiary/aromatic N) is 1. The molecule has 5 aromatic rings. The lowest BCUT2D eigenvalue weighted by Crippen LogP contribution is -1.99. The van der Waals surface area contributed by atoms with Crippen LogP contribution in [0.1, 0.15) is 0 Å². The highest BCUT2D eigenvalue weighted by Crippen LogP contribution is 2.40. The van der Waals surface area contributed by atoms with Crippen molar-refractivity contribution >= 4 is 0 Å². The van der Waals surface area contributed by atoms with Crippen LogP contribution in [0.2, 0.25) is 0 Å². The molecular formula is C28H21N. The molecule has 0 fully saturated rings. The fourth-order valence-corrected chi connectivity index (χ4v) is 3.90. The molecule has 0 aliphatic rings. The molecule has 0 unspecified atom stereocenters. The Morgan fingerprint density at radius 1 is 0.414 bits per heavy atom. The summed E-state index contributed by atoms with van der Waals surface area (Å²) < 4.78 is 2.38. The zero-order valence-electron chi connectivity index (χ0n) is 16.1. The number of aromatic nitrogens is 1. The Labute approximate surface area is 171 Å². The first kappa shape index (κ1) is 17.3. The highest BCUT2D eigenvalue weighted by molar-refractivity contribution is 5.88. The van der Waals surface area contributed by atoms with Crippen LogP contribution < -0.4 is 0 Å². The van der Waals surface area contributed by atoms with E-state index < -0.39 is 0 Å². The Morgan fingerprint density at radius 2 is 0.862 bits per heavy atom. The molecule has 0 bridgehead atoms. The third-order valence-electron chi connectivity index (χ3n) is 5.22. The van der Waals surface area contributed by atoms with E-state index in [9.17, 15) is 0 Å². The van der Waals surface area contributed by atoms with Gasteiger partial charge in [0.15, 0.2) is 0 Å². The van der Waals surface area contributed by atoms with Crippen molar-refractivity contribution in [1.82, 2.24) is 4.57 Å². The Kier molecular flexibility index (Phi) is 4.56. The number of para-hydroxylation sites is 1. The summed E-state index contributed by atoms with van der Waals surface area (Å²) in [4.78, 5) is 0. The zero-order valence-corrected chi connectivity index (χ0v) is 16.1. The highest BCUT2D eigenvalue weighted by atomic mass is 15.0. The summed E-state index contributed by atoms with van der Waals surface area (Å²) in [5.41, 5.74) is 8.43. The average Bonchev–Trinajstić information content (AvgIpc) is 3.22. The van der Waals surface area contributed by atoms with E-state index in [1.807, 2.05) is 0 Å². The largest absolute Gasteiger partial charge is 0.309 e. The molecule has 1 aromatic heterocycles. The van der Waals surface area contributed by atoms with Crippen LogP contribution in [0.25, 0.3) is 39.3 Å².